The van der Waals surface area contributed by atoms with Gasteiger partial charge in [-0.05, 0) is 38.3 Å². The molecule has 0 aromatic heterocycles. The van der Waals surface area contributed by atoms with Crippen molar-refractivity contribution in [3.8, 4) is 5.75 Å². The van der Waals surface area contributed by atoms with Gasteiger partial charge in [0, 0.05) is 22.1 Å². The van der Waals surface area contributed by atoms with E-state index in [1.807, 2.05) is 0 Å². The Hall–Kier alpha value is -0.540. The minimum absolute atomic E-state index is 0.428. The number of rotatable bonds is 6. The fourth-order valence-electron chi connectivity index (χ4n) is 2.85. The first-order valence-electron chi connectivity index (χ1n) is 7.89. The summed E-state index contributed by atoms with van der Waals surface area (Å²) in [5.74, 6) is 1.04. The standard InChI is InChI=1S/C17H26BrNO/c1-3-4-5-7-13(2)19-16-8-6-11-20-17-12-14(18)9-10-15(16)17/h9-10,12-13,16,19H,3-8,11H2,1-2H3. The second-order valence-corrected chi connectivity index (χ2v) is 6.70. The molecular weight excluding hydrogens is 314 g/mol. The Labute approximate surface area is 131 Å². The first-order chi connectivity index (χ1) is 9.70. The summed E-state index contributed by atoms with van der Waals surface area (Å²) in [4.78, 5) is 0. The first kappa shape index (κ1) is 15.8. The van der Waals surface area contributed by atoms with E-state index in [-0.39, 0.29) is 0 Å². The fourth-order valence-corrected chi connectivity index (χ4v) is 3.19. The largest absolute Gasteiger partial charge is 0.493 e. The highest BCUT2D eigenvalue weighted by Gasteiger charge is 2.21. The summed E-state index contributed by atoms with van der Waals surface area (Å²) in [5, 5.41) is 3.80. The summed E-state index contributed by atoms with van der Waals surface area (Å²) >= 11 is 3.53. The molecule has 1 aromatic rings. The molecule has 2 unspecified atom stereocenters. The monoisotopic (exact) mass is 339 g/mol. The predicted octanol–water partition coefficient (Wildman–Crippen LogP) is 5.22. The fraction of sp³-hybridized carbons (Fsp3) is 0.647. The smallest absolute Gasteiger partial charge is 0.125 e. The summed E-state index contributed by atoms with van der Waals surface area (Å²) in [5.41, 5.74) is 1.31. The minimum atomic E-state index is 0.428. The number of unbranched alkanes of at least 4 members (excludes halogenated alkanes) is 2. The third-order valence-corrected chi connectivity index (χ3v) is 4.47. The van der Waals surface area contributed by atoms with E-state index in [4.69, 9.17) is 4.74 Å². The number of nitrogens with one attached hydrogen (secondary N) is 1. The van der Waals surface area contributed by atoms with Gasteiger partial charge in [-0.2, -0.15) is 0 Å². The van der Waals surface area contributed by atoms with E-state index in [9.17, 15) is 0 Å². The van der Waals surface area contributed by atoms with Crippen molar-refractivity contribution >= 4 is 15.9 Å². The van der Waals surface area contributed by atoms with Gasteiger partial charge in [0.05, 0.1) is 6.61 Å². The average molecular weight is 340 g/mol. The molecule has 20 heavy (non-hydrogen) atoms. The van der Waals surface area contributed by atoms with E-state index < -0.39 is 0 Å². The van der Waals surface area contributed by atoms with Gasteiger partial charge in [0.1, 0.15) is 5.75 Å². The topological polar surface area (TPSA) is 21.3 Å². The van der Waals surface area contributed by atoms with Crippen LogP contribution in [-0.4, -0.2) is 12.6 Å². The Morgan fingerprint density at radius 3 is 3.05 bits per heavy atom. The van der Waals surface area contributed by atoms with Crippen LogP contribution in [0.25, 0.3) is 0 Å². The number of hydrogen-bond donors (Lipinski definition) is 1. The molecule has 0 saturated carbocycles. The number of ether oxygens (including phenoxy) is 1. The van der Waals surface area contributed by atoms with Crippen molar-refractivity contribution in [3.05, 3.63) is 28.2 Å². The Kier molecular flexibility index (Phi) is 6.37. The van der Waals surface area contributed by atoms with E-state index >= 15 is 0 Å². The van der Waals surface area contributed by atoms with Gasteiger partial charge in [0.15, 0.2) is 0 Å². The van der Waals surface area contributed by atoms with E-state index in [1.165, 1.54) is 31.2 Å². The molecule has 1 heterocycles. The third-order valence-electron chi connectivity index (χ3n) is 3.97. The molecule has 2 rings (SSSR count). The van der Waals surface area contributed by atoms with Crippen LogP contribution >= 0.6 is 15.9 Å². The first-order valence-corrected chi connectivity index (χ1v) is 8.68. The van der Waals surface area contributed by atoms with Gasteiger partial charge in [-0.3, -0.25) is 0 Å². The van der Waals surface area contributed by atoms with Crippen LogP contribution < -0.4 is 10.1 Å². The van der Waals surface area contributed by atoms with Gasteiger partial charge in [0.2, 0.25) is 0 Å². The Morgan fingerprint density at radius 1 is 1.40 bits per heavy atom. The Balaban J connectivity index is 2.01. The molecule has 3 heteroatoms. The maximum absolute atomic E-state index is 5.87. The molecule has 1 N–H and O–H groups in total. The summed E-state index contributed by atoms with van der Waals surface area (Å²) in [6, 6.07) is 7.40. The molecule has 0 spiro atoms. The lowest BCUT2D eigenvalue weighted by atomic mass is 10.00. The Bertz CT molecular complexity index is 421. The maximum Gasteiger partial charge on any atom is 0.125 e. The predicted molar refractivity (Wildman–Crippen MR) is 88.4 cm³/mol. The van der Waals surface area contributed by atoms with Crippen molar-refractivity contribution in [2.75, 3.05) is 6.61 Å². The molecule has 0 radical (unpaired) electrons. The number of halogens is 1. The molecule has 1 aliphatic heterocycles. The number of hydrogen-bond acceptors (Lipinski definition) is 2. The van der Waals surface area contributed by atoms with Crippen LogP contribution in [0, 0.1) is 0 Å². The Morgan fingerprint density at radius 2 is 2.25 bits per heavy atom. The number of benzene rings is 1. The molecule has 0 amide bonds. The lowest BCUT2D eigenvalue weighted by Crippen LogP contribution is -2.30. The second-order valence-electron chi connectivity index (χ2n) is 5.79. The SMILES string of the molecule is CCCCCC(C)NC1CCCOc2cc(Br)ccc21. The van der Waals surface area contributed by atoms with Gasteiger partial charge in [-0.1, -0.05) is 48.2 Å². The van der Waals surface area contributed by atoms with Gasteiger partial charge >= 0.3 is 0 Å². The average Bonchev–Trinajstić information content (AvgIpc) is 2.61. The van der Waals surface area contributed by atoms with Gasteiger partial charge in [-0.25, -0.2) is 0 Å². The summed E-state index contributed by atoms with van der Waals surface area (Å²) in [7, 11) is 0. The molecule has 0 saturated heterocycles. The zero-order valence-electron chi connectivity index (χ0n) is 12.6. The van der Waals surface area contributed by atoms with Crippen LogP contribution in [-0.2, 0) is 0 Å². The van der Waals surface area contributed by atoms with E-state index in [1.54, 1.807) is 0 Å². The van der Waals surface area contributed by atoms with Crippen molar-refractivity contribution < 1.29 is 4.74 Å². The van der Waals surface area contributed by atoms with Crippen LogP contribution in [0.5, 0.6) is 5.75 Å². The van der Waals surface area contributed by atoms with Gasteiger partial charge < -0.3 is 10.1 Å². The lowest BCUT2D eigenvalue weighted by Gasteiger charge is -2.23. The highest BCUT2D eigenvalue weighted by Crippen LogP contribution is 2.34. The zero-order chi connectivity index (χ0) is 14.4. The molecule has 0 aliphatic carbocycles. The highest BCUT2D eigenvalue weighted by molar-refractivity contribution is 9.10. The van der Waals surface area contributed by atoms with Crippen LogP contribution in [0.15, 0.2) is 22.7 Å². The molecule has 2 nitrogen and oxygen atoms in total. The van der Waals surface area contributed by atoms with Crippen molar-refractivity contribution in [1.29, 1.82) is 0 Å². The molecule has 112 valence electrons. The molecule has 0 fully saturated rings. The highest BCUT2D eigenvalue weighted by atomic mass is 79.9. The van der Waals surface area contributed by atoms with E-state index in [2.05, 4.69) is 53.3 Å². The van der Waals surface area contributed by atoms with Gasteiger partial charge in [0.25, 0.3) is 0 Å². The quantitative estimate of drug-likeness (QED) is 0.717. The van der Waals surface area contributed by atoms with Crippen LogP contribution in [0.2, 0.25) is 0 Å². The third kappa shape index (κ3) is 4.49. The summed E-state index contributed by atoms with van der Waals surface area (Å²) in [6.07, 6.45) is 7.49. The summed E-state index contributed by atoms with van der Waals surface area (Å²) in [6.45, 7) is 5.39. The molecule has 1 aromatic carbocycles. The minimum Gasteiger partial charge on any atom is -0.493 e. The maximum atomic E-state index is 5.87. The zero-order valence-corrected chi connectivity index (χ0v) is 14.2. The lowest BCUT2D eigenvalue weighted by molar-refractivity contribution is 0.314. The van der Waals surface area contributed by atoms with Crippen molar-refractivity contribution in [2.45, 2.75) is 64.5 Å². The molecule has 1 aliphatic rings. The number of fused-ring (bicyclic) bond motifs is 1. The van der Waals surface area contributed by atoms with Crippen LogP contribution in [0.4, 0.5) is 0 Å². The van der Waals surface area contributed by atoms with Crippen LogP contribution in [0.1, 0.15) is 64.0 Å². The molecular formula is C17H26BrNO. The molecule has 0 bridgehead atoms. The van der Waals surface area contributed by atoms with Crippen molar-refractivity contribution in [3.63, 3.8) is 0 Å². The summed E-state index contributed by atoms with van der Waals surface area (Å²) < 4.78 is 6.96. The van der Waals surface area contributed by atoms with Crippen molar-refractivity contribution in [2.24, 2.45) is 0 Å². The van der Waals surface area contributed by atoms with Gasteiger partial charge in [-0.15, -0.1) is 0 Å². The van der Waals surface area contributed by atoms with E-state index in [0.717, 1.165) is 29.7 Å². The molecule has 2 atom stereocenters. The van der Waals surface area contributed by atoms with Crippen LogP contribution in [0.3, 0.4) is 0 Å². The van der Waals surface area contributed by atoms with E-state index in [0.29, 0.717) is 12.1 Å². The second kappa shape index (κ2) is 8.04. The normalized spacial score (nSPS) is 19.9. The van der Waals surface area contributed by atoms with Crippen molar-refractivity contribution in [1.82, 2.24) is 5.32 Å².